The number of aliphatic hydroxyl groups is 11. The molecule has 17 unspecified atom stereocenters. The van der Waals surface area contributed by atoms with Crippen molar-refractivity contribution in [3.63, 3.8) is 0 Å². The van der Waals surface area contributed by atoms with E-state index in [1.165, 1.54) is 180 Å². The van der Waals surface area contributed by atoms with Crippen molar-refractivity contribution < 1.29 is 89.4 Å². The smallest absolute Gasteiger partial charge is 0.220 e. The van der Waals surface area contributed by atoms with Crippen LogP contribution < -0.4 is 5.32 Å². The molecule has 0 bridgehead atoms. The number of amides is 1. The number of ether oxygens (including phenoxy) is 6. The summed E-state index contributed by atoms with van der Waals surface area (Å²) < 4.78 is 34.4. The Morgan fingerprint density at radius 2 is 0.686 bits per heavy atom. The molecule has 0 saturated carbocycles. The van der Waals surface area contributed by atoms with Crippen LogP contribution in [0.2, 0.25) is 0 Å². The number of carbonyl (C=O) groups is 1. The topological polar surface area (TPSA) is 307 Å². The van der Waals surface area contributed by atoms with Gasteiger partial charge in [-0.25, -0.2) is 0 Å². The largest absolute Gasteiger partial charge is 0.394 e. The summed E-state index contributed by atoms with van der Waals surface area (Å²) in [6.45, 7) is 1.63. The summed E-state index contributed by atoms with van der Waals surface area (Å²) in [4.78, 5) is 13.5. The highest BCUT2D eigenvalue weighted by Crippen LogP contribution is 2.33. The van der Waals surface area contributed by atoms with Crippen molar-refractivity contribution in [1.29, 1.82) is 0 Å². The lowest BCUT2D eigenvalue weighted by Crippen LogP contribution is -2.66. The van der Waals surface area contributed by atoms with Gasteiger partial charge in [-0.3, -0.25) is 4.79 Å². The molecule has 1 amide bonds. The van der Waals surface area contributed by atoms with E-state index in [9.17, 15) is 61.0 Å². The number of rotatable bonds is 63. The zero-order valence-corrected chi connectivity index (χ0v) is 63.1. The molecule has 3 aliphatic rings. The van der Waals surface area contributed by atoms with Gasteiger partial charge in [0.1, 0.15) is 73.2 Å². The zero-order chi connectivity index (χ0) is 73.9. The SMILES string of the molecule is CC/C=C\C/C=C\C/C=C\C/C=C\C/C=C\C/C=C\CCCCCCCCCCCCCCCCCCC(=O)NC(COC1OC(CO)C(OC2OC(CO)C(OC3OC(CO)C(O)C(O)C3O)C(O)C2O)C(O)C1O)C(O)/C=C/CC/C=C/CCCCCCCCCCCCCCCCCC. The number of aliphatic hydroxyl groups excluding tert-OH is 11. The predicted molar refractivity (Wildman–Crippen MR) is 406 cm³/mol. The van der Waals surface area contributed by atoms with E-state index in [2.05, 4.69) is 104 Å². The van der Waals surface area contributed by atoms with Crippen LogP contribution in [0.5, 0.6) is 0 Å². The molecule has 0 aliphatic carbocycles. The van der Waals surface area contributed by atoms with Gasteiger partial charge in [0.05, 0.1) is 38.6 Å². The molecule has 19 nitrogen and oxygen atoms in total. The van der Waals surface area contributed by atoms with Crippen LogP contribution in [0, 0.1) is 0 Å². The molecule has 0 aromatic heterocycles. The first-order valence-corrected chi connectivity index (χ1v) is 40.5. The van der Waals surface area contributed by atoms with Crippen LogP contribution in [-0.2, 0) is 33.2 Å². The fourth-order valence-electron chi connectivity index (χ4n) is 13.2. The molecule has 0 radical (unpaired) electrons. The molecular formula is C83H145NO18. The third-order valence-corrected chi connectivity index (χ3v) is 19.6. The molecule has 19 heteroatoms. The Kier molecular flexibility index (Phi) is 57.1. The minimum atomic E-state index is -1.98. The quantitative estimate of drug-likeness (QED) is 0.0199. The molecule has 590 valence electrons. The molecule has 0 spiro atoms. The second kappa shape index (κ2) is 62.7. The van der Waals surface area contributed by atoms with Crippen molar-refractivity contribution in [3.8, 4) is 0 Å². The highest BCUT2D eigenvalue weighted by atomic mass is 16.8. The van der Waals surface area contributed by atoms with Crippen LogP contribution in [0.4, 0.5) is 0 Å². The van der Waals surface area contributed by atoms with Crippen LogP contribution in [0.3, 0.4) is 0 Å². The van der Waals surface area contributed by atoms with E-state index < -0.39 is 124 Å². The number of hydrogen-bond acceptors (Lipinski definition) is 18. The van der Waals surface area contributed by atoms with Crippen molar-refractivity contribution in [1.82, 2.24) is 5.32 Å². The Labute approximate surface area is 615 Å². The molecule has 102 heavy (non-hydrogen) atoms. The summed E-state index contributed by atoms with van der Waals surface area (Å²) in [6, 6.07) is -0.996. The fraction of sp³-hybridized carbons (Fsp3) is 0.795. The van der Waals surface area contributed by atoms with E-state index in [0.717, 1.165) is 77.0 Å². The Bertz CT molecular complexity index is 2220. The molecule has 0 aromatic rings. The lowest BCUT2D eigenvalue weighted by atomic mass is 9.96. The molecule has 3 rings (SSSR count). The summed E-state index contributed by atoms with van der Waals surface area (Å²) in [5.74, 6) is -0.285. The van der Waals surface area contributed by atoms with Crippen LogP contribution in [-0.4, -0.2) is 193 Å². The second-order valence-corrected chi connectivity index (χ2v) is 28.5. The number of allylic oxidation sites excluding steroid dienone is 15. The van der Waals surface area contributed by atoms with Crippen LogP contribution in [0.25, 0.3) is 0 Å². The van der Waals surface area contributed by atoms with E-state index in [0.29, 0.717) is 12.8 Å². The van der Waals surface area contributed by atoms with Crippen molar-refractivity contribution in [2.24, 2.45) is 0 Å². The van der Waals surface area contributed by atoms with E-state index in [4.69, 9.17) is 28.4 Å². The highest BCUT2D eigenvalue weighted by Gasteiger charge is 2.54. The van der Waals surface area contributed by atoms with Crippen LogP contribution >= 0.6 is 0 Å². The van der Waals surface area contributed by atoms with Gasteiger partial charge in [0.15, 0.2) is 18.9 Å². The Morgan fingerprint density at radius 1 is 0.363 bits per heavy atom. The maximum Gasteiger partial charge on any atom is 0.220 e. The Balaban J connectivity index is 1.36. The van der Waals surface area contributed by atoms with Crippen molar-refractivity contribution in [2.75, 3.05) is 26.4 Å². The van der Waals surface area contributed by atoms with Gasteiger partial charge >= 0.3 is 0 Å². The monoisotopic (exact) mass is 1440 g/mol. The summed E-state index contributed by atoms with van der Waals surface area (Å²) in [5, 5.41) is 121. The highest BCUT2D eigenvalue weighted by molar-refractivity contribution is 5.76. The van der Waals surface area contributed by atoms with Crippen molar-refractivity contribution >= 4 is 5.91 Å². The van der Waals surface area contributed by atoms with E-state index in [1.807, 2.05) is 6.08 Å². The van der Waals surface area contributed by atoms with Crippen LogP contribution in [0.1, 0.15) is 290 Å². The fourth-order valence-corrected chi connectivity index (χ4v) is 13.2. The third kappa shape index (κ3) is 42.3. The van der Waals surface area contributed by atoms with Crippen molar-refractivity contribution in [3.05, 3.63) is 97.2 Å². The molecule has 3 fully saturated rings. The van der Waals surface area contributed by atoms with Gasteiger partial charge in [-0.1, -0.05) is 297 Å². The van der Waals surface area contributed by atoms with Gasteiger partial charge in [-0.2, -0.15) is 0 Å². The normalized spacial score (nSPS) is 26.7. The Hall–Kier alpha value is -3.29. The Morgan fingerprint density at radius 3 is 1.10 bits per heavy atom. The number of nitrogens with one attached hydrogen (secondary N) is 1. The van der Waals surface area contributed by atoms with Gasteiger partial charge in [-0.05, 0) is 83.5 Å². The van der Waals surface area contributed by atoms with Crippen LogP contribution in [0.15, 0.2) is 97.2 Å². The summed E-state index contributed by atoms with van der Waals surface area (Å²) in [6.07, 6.45) is 58.2. The lowest BCUT2D eigenvalue weighted by molar-refractivity contribution is -0.379. The molecular weight excluding hydrogens is 1300 g/mol. The standard InChI is InChI=1S/C83H145NO18/c1-3-5-7-9-11-13-15-17-19-21-23-25-27-28-29-30-31-32-33-34-35-36-37-38-39-41-43-45-47-49-51-53-55-57-59-61-71(89)84-66(67(88)60-58-56-54-52-50-48-46-44-42-40-26-24-22-20-18-16-14-12-10-8-6-4-2)65-97-81-77(95)74(92)79(69(63-86)99-81)102-83-78(96)75(93)80(70(64-87)100-83)101-82-76(94)73(91)72(90)68(62-85)98-82/h5,7,11,13,17,19,23,25,28-29,31-32,50,52,58,60,66-70,72-83,85-88,90-96H,3-4,6,8-10,12,14-16,18,20-22,24,26-27,30,33-49,51,53-57,59,61-65H2,1-2H3,(H,84,89)/b7-5-,13-11-,19-17-,25-23-,29-28-,32-31-,52-50+,60-58+. The van der Waals surface area contributed by atoms with Gasteiger partial charge in [0.25, 0.3) is 0 Å². The predicted octanol–water partition coefficient (Wildman–Crippen LogP) is 13.6. The second-order valence-electron chi connectivity index (χ2n) is 28.5. The zero-order valence-electron chi connectivity index (χ0n) is 63.1. The van der Waals surface area contributed by atoms with Gasteiger partial charge in [-0.15, -0.1) is 0 Å². The number of hydrogen-bond donors (Lipinski definition) is 12. The molecule has 3 saturated heterocycles. The summed E-state index contributed by atoms with van der Waals surface area (Å²) in [7, 11) is 0. The lowest BCUT2D eigenvalue weighted by Gasteiger charge is -2.48. The number of carbonyl (C=O) groups excluding carboxylic acids is 1. The number of unbranched alkanes of at least 4 members (excludes halogenated alkanes) is 33. The molecule has 0 aromatic carbocycles. The minimum absolute atomic E-state index is 0.232. The molecule has 17 atom stereocenters. The summed E-state index contributed by atoms with van der Waals surface area (Å²) in [5.41, 5.74) is 0. The molecule has 3 heterocycles. The minimum Gasteiger partial charge on any atom is -0.394 e. The maximum atomic E-state index is 13.5. The molecule has 3 aliphatic heterocycles. The van der Waals surface area contributed by atoms with E-state index >= 15 is 0 Å². The van der Waals surface area contributed by atoms with Gasteiger partial charge in [0.2, 0.25) is 5.91 Å². The average molecular weight is 1450 g/mol. The maximum absolute atomic E-state index is 13.5. The van der Waals surface area contributed by atoms with E-state index in [1.54, 1.807) is 6.08 Å². The van der Waals surface area contributed by atoms with Gasteiger partial charge in [0, 0.05) is 6.42 Å². The first-order chi connectivity index (χ1) is 49.8. The average Bonchev–Trinajstić information content (AvgIpc) is 0.781. The van der Waals surface area contributed by atoms with Gasteiger partial charge < -0.3 is 89.9 Å². The van der Waals surface area contributed by atoms with E-state index in [-0.39, 0.29) is 18.9 Å². The summed E-state index contributed by atoms with van der Waals surface area (Å²) >= 11 is 0. The first kappa shape index (κ1) is 92.9. The van der Waals surface area contributed by atoms with Crippen molar-refractivity contribution in [2.45, 2.75) is 394 Å². The molecule has 12 N–H and O–H groups in total. The first-order valence-electron chi connectivity index (χ1n) is 40.5. The third-order valence-electron chi connectivity index (χ3n) is 19.6.